The summed E-state index contributed by atoms with van der Waals surface area (Å²) in [6.45, 7) is 2.33. The molecule has 2 heteroatoms. The number of hydrogen-bond acceptors (Lipinski definition) is 1. The minimum absolute atomic E-state index is 0.112. The molecule has 1 nitrogen and oxygen atoms in total. The number of rotatable bonds is 2. The van der Waals surface area contributed by atoms with Gasteiger partial charge in [0, 0.05) is 11.1 Å². The van der Waals surface area contributed by atoms with Gasteiger partial charge in [0.1, 0.15) is 0 Å². The van der Waals surface area contributed by atoms with E-state index in [1.54, 1.807) is 0 Å². The summed E-state index contributed by atoms with van der Waals surface area (Å²) in [5.41, 5.74) is 7.45. The van der Waals surface area contributed by atoms with E-state index < -0.39 is 0 Å². The average molecular weight is 238 g/mol. The number of nitrogens with two attached hydrogens (primary N) is 1. The maximum atomic E-state index is 6.33. The molecule has 1 aliphatic carbocycles. The lowest BCUT2D eigenvalue weighted by atomic mass is 9.78. The fourth-order valence-corrected chi connectivity index (χ4v) is 2.91. The van der Waals surface area contributed by atoms with Crippen LogP contribution in [-0.2, 0) is 0 Å². The van der Waals surface area contributed by atoms with Gasteiger partial charge in [-0.2, -0.15) is 0 Å². The number of benzene rings is 1. The van der Waals surface area contributed by atoms with Crippen LogP contribution in [0.3, 0.4) is 0 Å². The third-order valence-electron chi connectivity index (χ3n) is 3.83. The van der Waals surface area contributed by atoms with Crippen molar-refractivity contribution < 1.29 is 0 Å². The maximum absolute atomic E-state index is 6.33. The van der Waals surface area contributed by atoms with Gasteiger partial charge in [-0.05, 0) is 36.3 Å². The summed E-state index contributed by atoms with van der Waals surface area (Å²) in [6, 6.07) is 8.09. The summed E-state index contributed by atoms with van der Waals surface area (Å²) in [5, 5.41) is 0.814. The second-order valence-electron chi connectivity index (χ2n) is 5.07. The largest absolute Gasteiger partial charge is 0.324 e. The standard InChI is InChI=1S/C14H20ClN/c1-10-6-8-11(9-7-10)14(16)12-4-2-3-5-13(12)15/h2-5,10-11,14H,6-9,16H2,1H3. The molecule has 1 unspecified atom stereocenters. The maximum Gasteiger partial charge on any atom is 0.0453 e. The van der Waals surface area contributed by atoms with E-state index in [1.165, 1.54) is 25.7 Å². The zero-order chi connectivity index (χ0) is 11.5. The van der Waals surface area contributed by atoms with E-state index in [0.717, 1.165) is 16.5 Å². The van der Waals surface area contributed by atoms with Gasteiger partial charge in [-0.15, -0.1) is 0 Å². The molecule has 0 amide bonds. The van der Waals surface area contributed by atoms with Gasteiger partial charge in [0.2, 0.25) is 0 Å². The summed E-state index contributed by atoms with van der Waals surface area (Å²) in [4.78, 5) is 0. The molecule has 0 saturated heterocycles. The highest BCUT2D eigenvalue weighted by Crippen LogP contribution is 2.37. The van der Waals surface area contributed by atoms with Crippen molar-refractivity contribution in [3.63, 3.8) is 0 Å². The lowest BCUT2D eigenvalue weighted by Crippen LogP contribution is -2.25. The lowest BCUT2D eigenvalue weighted by Gasteiger charge is -2.31. The van der Waals surface area contributed by atoms with Crippen LogP contribution in [0.4, 0.5) is 0 Å². The van der Waals surface area contributed by atoms with Gasteiger partial charge in [0.25, 0.3) is 0 Å². The van der Waals surface area contributed by atoms with Crippen molar-refractivity contribution in [3.8, 4) is 0 Å². The molecule has 0 spiro atoms. The highest BCUT2D eigenvalue weighted by atomic mass is 35.5. The summed E-state index contributed by atoms with van der Waals surface area (Å²) >= 11 is 6.19. The van der Waals surface area contributed by atoms with Crippen molar-refractivity contribution in [2.75, 3.05) is 0 Å². The molecule has 1 aliphatic rings. The number of halogens is 1. The monoisotopic (exact) mass is 237 g/mol. The molecule has 2 N–H and O–H groups in total. The summed E-state index contributed by atoms with van der Waals surface area (Å²) in [6.07, 6.45) is 5.10. The van der Waals surface area contributed by atoms with Crippen LogP contribution in [-0.4, -0.2) is 0 Å². The third-order valence-corrected chi connectivity index (χ3v) is 4.18. The minimum Gasteiger partial charge on any atom is -0.324 e. The average Bonchev–Trinajstić information content (AvgIpc) is 2.30. The van der Waals surface area contributed by atoms with Crippen molar-refractivity contribution >= 4 is 11.6 Å². The molecule has 1 fully saturated rings. The van der Waals surface area contributed by atoms with E-state index in [1.807, 2.05) is 18.2 Å². The van der Waals surface area contributed by atoms with E-state index in [0.29, 0.717) is 5.92 Å². The fraction of sp³-hybridized carbons (Fsp3) is 0.571. The predicted molar refractivity (Wildman–Crippen MR) is 69.5 cm³/mol. The Morgan fingerprint density at radius 1 is 1.19 bits per heavy atom. The molecule has 0 bridgehead atoms. The quantitative estimate of drug-likeness (QED) is 0.821. The normalized spacial score (nSPS) is 27.7. The Labute approximate surface area is 103 Å². The van der Waals surface area contributed by atoms with Gasteiger partial charge in [-0.3, -0.25) is 0 Å². The summed E-state index contributed by atoms with van der Waals surface area (Å²) in [5.74, 6) is 1.48. The Morgan fingerprint density at radius 3 is 2.44 bits per heavy atom. The first kappa shape index (κ1) is 11.9. The van der Waals surface area contributed by atoms with Gasteiger partial charge >= 0.3 is 0 Å². The molecular weight excluding hydrogens is 218 g/mol. The zero-order valence-corrected chi connectivity index (χ0v) is 10.6. The van der Waals surface area contributed by atoms with Crippen molar-refractivity contribution in [1.29, 1.82) is 0 Å². The SMILES string of the molecule is CC1CCC(C(N)c2ccccc2Cl)CC1. The molecule has 1 atom stereocenters. The molecule has 1 saturated carbocycles. The van der Waals surface area contributed by atoms with Crippen LogP contribution >= 0.6 is 11.6 Å². The summed E-state index contributed by atoms with van der Waals surface area (Å²) in [7, 11) is 0. The molecule has 88 valence electrons. The third kappa shape index (κ3) is 2.58. The van der Waals surface area contributed by atoms with Crippen LogP contribution in [0, 0.1) is 11.8 Å². The second-order valence-corrected chi connectivity index (χ2v) is 5.47. The van der Waals surface area contributed by atoms with Crippen molar-refractivity contribution in [2.24, 2.45) is 17.6 Å². The van der Waals surface area contributed by atoms with Crippen molar-refractivity contribution in [1.82, 2.24) is 0 Å². The van der Waals surface area contributed by atoms with Crippen LogP contribution in [0.25, 0.3) is 0 Å². The second kappa shape index (κ2) is 5.20. The van der Waals surface area contributed by atoms with E-state index in [9.17, 15) is 0 Å². The first-order valence-corrected chi connectivity index (χ1v) is 6.56. The molecule has 2 rings (SSSR count). The number of hydrogen-bond donors (Lipinski definition) is 1. The Kier molecular flexibility index (Phi) is 3.88. The van der Waals surface area contributed by atoms with Gasteiger partial charge in [-0.25, -0.2) is 0 Å². The Morgan fingerprint density at radius 2 is 1.81 bits per heavy atom. The Bertz CT molecular complexity index is 342. The Balaban J connectivity index is 2.07. The van der Waals surface area contributed by atoms with Gasteiger partial charge in [0.05, 0.1) is 0 Å². The van der Waals surface area contributed by atoms with Crippen LogP contribution in [0.15, 0.2) is 24.3 Å². The molecular formula is C14H20ClN. The molecule has 0 aliphatic heterocycles. The molecule has 0 heterocycles. The van der Waals surface area contributed by atoms with Crippen LogP contribution in [0.1, 0.15) is 44.2 Å². The highest BCUT2D eigenvalue weighted by molar-refractivity contribution is 6.31. The molecule has 1 aromatic carbocycles. The first-order valence-electron chi connectivity index (χ1n) is 6.18. The van der Waals surface area contributed by atoms with Crippen molar-refractivity contribution in [2.45, 2.75) is 38.6 Å². The molecule has 0 aromatic heterocycles. The van der Waals surface area contributed by atoms with Crippen molar-refractivity contribution in [3.05, 3.63) is 34.9 Å². The first-order chi connectivity index (χ1) is 7.68. The van der Waals surface area contributed by atoms with E-state index in [2.05, 4.69) is 13.0 Å². The van der Waals surface area contributed by atoms with E-state index in [-0.39, 0.29) is 6.04 Å². The van der Waals surface area contributed by atoms with E-state index >= 15 is 0 Å². The predicted octanol–water partition coefficient (Wildman–Crippen LogP) is 4.17. The molecule has 16 heavy (non-hydrogen) atoms. The zero-order valence-electron chi connectivity index (χ0n) is 9.83. The lowest BCUT2D eigenvalue weighted by molar-refractivity contribution is 0.256. The van der Waals surface area contributed by atoms with Crippen LogP contribution in [0.2, 0.25) is 5.02 Å². The van der Waals surface area contributed by atoms with E-state index in [4.69, 9.17) is 17.3 Å². The van der Waals surface area contributed by atoms with Crippen LogP contribution in [0.5, 0.6) is 0 Å². The fourth-order valence-electron chi connectivity index (χ4n) is 2.64. The van der Waals surface area contributed by atoms with Crippen LogP contribution < -0.4 is 5.73 Å². The Hall–Kier alpha value is -0.530. The topological polar surface area (TPSA) is 26.0 Å². The molecule has 0 radical (unpaired) electrons. The smallest absolute Gasteiger partial charge is 0.0453 e. The molecule has 1 aromatic rings. The highest BCUT2D eigenvalue weighted by Gasteiger charge is 2.25. The minimum atomic E-state index is 0.112. The van der Waals surface area contributed by atoms with Gasteiger partial charge in [0.15, 0.2) is 0 Å². The summed E-state index contributed by atoms with van der Waals surface area (Å²) < 4.78 is 0. The van der Waals surface area contributed by atoms with Gasteiger partial charge < -0.3 is 5.73 Å². The van der Waals surface area contributed by atoms with Gasteiger partial charge in [-0.1, -0.05) is 49.6 Å².